The third-order valence-corrected chi connectivity index (χ3v) is 4.45. The second-order valence-electron chi connectivity index (χ2n) is 5.78. The van der Waals surface area contributed by atoms with Crippen molar-refractivity contribution in [3.63, 3.8) is 0 Å². The number of nitrogens with zero attached hydrogens (tertiary/aromatic N) is 3. The molecule has 1 aliphatic rings. The summed E-state index contributed by atoms with van der Waals surface area (Å²) in [6, 6.07) is 7.05. The number of hydrogen-bond donors (Lipinski definition) is 2. The number of carbonyl (C=O) groups is 2. The molecule has 3 rings (SSSR count). The summed E-state index contributed by atoms with van der Waals surface area (Å²) in [5.41, 5.74) is -0.562. The third-order valence-electron chi connectivity index (χ3n) is 4.20. The van der Waals surface area contributed by atoms with E-state index in [0.29, 0.717) is 10.6 Å². The van der Waals surface area contributed by atoms with Gasteiger partial charge in [-0.25, -0.2) is 9.48 Å². The molecule has 0 bridgehead atoms. The lowest BCUT2D eigenvalue weighted by atomic mass is 9.91. The first-order valence-electron chi connectivity index (χ1n) is 7.45. The molecule has 1 fully saturated rings. The molecule has 2 aromatic rings. The zero-order chi connectivity index (χ0) is 17.3. The van der Waals surface area contributed by atoms with Crippen molar-refractivity contribution in [2.45, 2.75) is 18.4 Å². The number of piperidine rings is 1. The molecule has 0 saturated carbocycles. The summed E-state index contributed by atoms with van der Waals surface area (Å²) in [4.78, 5) is 25.1. The number of aliphatic hydroxyl groups is 1. The third kappa shape index (κ3) is 3.13. The van der Waals surface area contributed by atoms with Crippen LogP contribution in [-0.2, 0) is 4.79 Å². The normalized spacial score (nSPS) is 16.8. The topological polar surface area (TPSA) is 95.7 Å². The maximum absolute atomic E-state index is 12.5. The van der Waals surface area contributed by atoms with Crippen molar-refractivity contribution in [2.75, 3.05) is 13.1 Å². The maximum atomic E-state index is 12.5. The summed E-state index contributed by atoms with van der Waals surface area (Å²) in [5.74, 6) is -1.48. The van der Waals surface area contributed by atoms with Crippen molar-refractivity contribution in [1.82, 2.24) is 14.7 Å². The summed E-state index contributed by atoms with van der Waals surface area (Å²) in [7, 11) is 0. The van der Waals surface area contributed by atoms with Crippen molar-refractivity contribution >= 4 is 23.5 Å². The molecule has 0 atom stereocenters. The van der Waals surface area contributed by atoms with Crippen LogP contribution in [0.15, 0.2) is 36.7 Å². The quantitative estimate of drug-likeness (QED) is 0.877. The Morgan fingerprint density at radius 3 is 2.38 bits per heavy atom. The fourth-order valence-electron chi connectivity index (χ4n) is 2.64. The lowest BCUT2D eigenvalue weighted by Crippen LogP contribution is -2.50. The zero-order valence-corrected chi connectivity index (χ0v) is 13.5. The number of aliphatic carboxylic acids is 1. The summed E-state index contributed by atoms with van der Waals surface area (Å²) < 4.78 is 1.57. The monoisotopic (exact) mass is 349 g/mol. The number of amides is 1. The fourth-order valence-corrected chi connectivity index (χ4v) is 2.77. The van der Waals surface area contributed by atoms with Gasteiger partial charge in [0.05, 0.1) is 17.4 Å². The Bertz CT molecular complexity index is 764. The molecule has 1 aliphatic heterocycles. The molecule has 1 aromatic carbocycles. The molecule has 0 aliphatic carbocycles. The molecule has 0 radical (unpaired) electrons. The number of rotatable bonds is 3. The van der Waals surface area contributed by atoms with Gasteiger partial charge >= 0.3 is 5.97 Å². The minimum absolute atomic E-state index is 0.0133. The Labute approximate surface area is 143 Å². The van der Waals surface area contributed by atoms with Crippen molar-refractivity contribution in [1.29, 1.82) is 0 Å². The Kier molecular flexibility index (Phi) is 4.29. The average molecular weight is 350 g/mol. The molecule has 126 valence electrons. The van der Waals surface area contributed by atoms with Gasteiger partial charge in [0.25, 0.3) is 5.91 Å². The van der Waals surface area contributed by atoms with Gasteiger partial charge in [0, 0.05) is 37.2 Å². The smallest absolute Gasteiger partial charge is 0.335 e. The number of aromatic nitrogens is 2. The molecule has 2 heterocycles. The van der Waals surface area contributed by atoms with E-state index in [0.717, 1.165) is 5.69 Å². The minimum atomic E-state index is -1.75. The van der Waals surface area contributed by atoms with E-state index in [9.17, 15) is 14.7 Å². The van der Waals surface area contributed by atoms with Crippen LogP contribution in [0.1, 0.15) is 23.2 Å². The highest BCUT2D eigenvalue weighted by atomic mass is 35.5. The summed E-state index contributed by atoms with van der Waals surface area (Å²) >= 11 is 5.85. The van der Waals surface area contributed by atoms with Gasteiger partial charge in [0.15, 0.2) is 5.60 Å². The number of carboxylic acids is 1. The SMILES string of the molecule is O=C(c1cnn(-c2ccc(Cl)cc2)c1)N1CCC(O)(C(=O)O)CC1. The molecule has 8 heteroatoms. The number of halogens is 1. The fraction of sp³-hybridized carbons (Fsp3) is 0.312. The van der Waals surface area contributed by atoms with Gasteiger partial charge in [-0.3, -0.25) is 4.79 Å². The van der Waals surface area contributed by atoms with Crippen LogP contribution in [0, 0.1) is 0 Å². The highest BCUT2D eigenvalue weighted by molar-refractivity contribution is 6.30. The molecule has 1 aromatic heterocycles. The highest BCUT2D eigenvalue weighted by Crippen LogP contribution is 2.23. The molecular weight excluding hydrogens is 334 g/mol. The Hall–Kier alpha value is -2.38. The first-order chi connectivity index (χ1) is 11.4. The first-order valence-corrected chi connectivity index (χ1v) is 7.82. The number of carbonyl (C=O) groups excluding carboxylic acids is 1. The largest absolute Gasteiger partial charge is 0.479 e. The van der Waals surface area contributed by atoms with E-state index in [4.69, 9.17) is 16.7 Å². The molecule has 0 spiro atoms. The molecule has 24 heavy (non-hydrogen) atoms. The van der Waals surface area contributed by atoms with E-state index in [1.54, 1.807) is 35.1 Å². The summed E-state index contributed by atoms with van der Waals surface area (Å²) in [6.07, 6.45) is 3.11. The van der Waals surface area contributed by atoms with Crippen LogP contribution in [0.3, 0.4) is 0 Å². The molecule has 2 N–H and O–H groups in total. The van der Waals surface area contributed by atoms with Gasteiger partial charge in [-0.2, -0.15) is 5.10 Å². The van der Waals surface area contributed by atoms with Gasteiger partial charge < -0.3 is 15.1 Å². The van der Waals surface area contributed by atoms with Gasteiger partial charge in [0.2, 0.25) is 0 Å². The van der Waals surface area contributed by atoms with Crippen LogP contribution < -0.4 is 0 Å². The Morgan fingerprint density at radius 1 is 1.17 bits per heavy atom. The number of likely N-dealkylation sites (tertiary alicyclic amines) is 1. The van der Waals surface area contributed by atoms with Crippen LogP contribution >= 0.6 is 11.6 Å². The number of carboxylic acid groups (broad SMARTS) is 1. The van der Waals surface area contributed by atoms with Crippen molar-refractivity contribution in [3.8, 4) is 5.69 Å². The van der Waals surface area contributed by atoms with Gasteiger partial charge in [-0.1, -0.05) is 11.6 Å². The Morgan fingerprint density at radius 2 is 1.79 bits per heavy atom. The van der Waals surface area contributed by atoms with Crippen LogP contribution in [0.25, 0.3) is 5.69 Å². The maximum Gasteiger partial charge on any atom is 0.335 e. The zero-order valence-electron chi connectivity index (χ0n) is 12.7. The van der Waals surface area contributed by atoms with Crippen LogP contribution in [0.2, 0.25) is 5.02 Å². The first kappa shape index (κ1) is 16.5. The van der Waals surface area contributed by atoms with Gasteiger partial charge in [-0.15, -0.1) is 0 Å². The van der Waals surface area contributed by atoms with E-state index in [-0.39, 0.29) is 31.8 Å². The predicted octanol–water partition coefficient (Wildman–Crippen LogP) is 1.58. The van der Waals surface area contributed by atoms with Crippen LogP contribution in [-0.4, -0.2) is 55.5 Å². The highest BCUT2D eigenvalue weighted by Gasteiger charge is 2.40. The van der Waals surface area contributed by atoms with Crippen molar-refractivity contribution in [3.05, 3.63) is 47.2 Å². The van der Waals surface area contributed by atoms with E-state index in [2.05, 4.69) is 5.10 Å². The van der Waals surface area contributed by atoms with E-state index < -0.39 is 11.6 Å². The lowest BCUT2D eigenvalue weighted by Gasteiger charge is -2.35. The molecular formula is C16H16ClN3O4. The number of benzene rings is 1. The standard InChI is InChI=1S/C16H16ClN3O4/c17-12-1-3-13(4-2-12)20-10-11(9-18-20)14(21)19-7-5-16(24,6-8-19)15(22)23/h1-4,9-10,24H,5-8H2,(H,22,23). The summed E-state index contributed by atoms with van der Waals surface area (Å²) in [5, 5.41) is 23.7. The summed E-state index contributed by atoms with van der Waals surface area (Å²) in [6.45, 7) is 0.377. The predicted molar refractivity (Wildman–Crippen MR) is 86.3 cm³/mol. The van der Waals surface area contributed by atoms with Crippen LogP contribution in [0.4, 0.5) is 0 Å². The molecule has 1 saturated heterocycles. The number of hydrogen-bond acceptors (Lipinski definition) is 4. The van der Waals surface area contributed by atoms with E-state index >= 15 is 0 Å². The van der Waals surface area contributed by atoms with E-state index in [1.807, 2.05) is 0 Å². The molecule has 0 unspecified atom stereocenters. The molecule has 1 amide bonds. The van der Waals surface area contributed by atoms with E-state index in [1.165, 1.54) is 11.1 Å². The molecule has 7 nitrogen and oxygen atoms in total. The van der Waals surface area contributed by atoms with Gasteiger partial charge in [-0.05, 0) is 24.3 Å². The van der Waals surface area contributed by atoms with Crippen molar-refractivity contribution in [2.24, 2.45) is 0 Å². The van der Waals surface area contributed by atoms with Crippen LogP contribution in [0.5, 0.6) is 0 Å². The Balaban J connectivity index is 1.71. The van der Waals surface area contributed by atoms with Crippen molar-refractivity contribution < 1.29 is 19.8 Å². The van der Waals surface area contributed by atoms with Gasteiger partial charge in [0.1, 0.15) is 0 Å². The lowest BCUT2D eigenvalue weighted by molar-refractivity contribution is -0.162. The second-order valence-corrected chi connectivity index (χ2v) is 6.22. The second kappa shape index (κ2) is 6.26. The minimum Gasteiger partial charge on any atom is -0.479 e. The average Bonchev–Trinajstić information content (AvgIpc) is 3.05.